The van der Waals surface area contributed by atoms with Crippen LogP contribution in [0.15, 0.2) is 54.6 Å². The molecular weight excluding hydrogens is 326 g/mol. The minimum Gasteiger partial charge on any atom is -0.339 e. The Balaban J connectivity index is 1.86. The Morgan fingerprint density at radius 1 is 1.00 bits per heavy atom. The van der Waals surface area contributed by atoms with Crippen molar-refractivity contribution in [2.45, 2.75) is 26.8 Å². The van der Waals surface area contributed by atoms with Crippen molar-refractivity contribution in [1.29, 1.82) is 0 Å². The van der Waals surface area contributed by atoms with E-state index in [-0.39, 0.29) is 17.9 Å². The van der Waals surface area contributed by atoms with Gasteiger partial charge in [0.05, 0.1) is 0 Å². The standard InChI is InChI=1S/C21H27N3O2/c1-4-24(5-2)21(26)18-11-13-19(14-12-18)23-20(25)15-22-16(3)17-9-7-6-8-10-17/h6-14,16,22H,4-5,15H2,1-3H3,(H,23,25)/p+1/t16-/m1/s1. The lowest BCUT2D eigenvalue weighted by Gasteiger charge is -2.18. The number of benzene rings is 2. The van der Waals surface area contributed by atoms with E-state index in [1.807, 2.05) is 37.4 Å². The topological polar surface area (TPSA) is 66.0 Å². The second kappa shape index (κ2) is 9.73. The van der Waals surface area contributed by atoms with Gasteiger partial charge in [-0.1, -0.05) is 30.3 Å². The zero-order valence-corrected chi connectivity index (χ0v) is 15.7. The minimum atomic E-state index is -0.0596. The molecule has 0 heterocycles. The fourth-order valence-electron chi connectivity index (χ4n) is 2.78. The largest absolute Gasteiger partial charge is 0.339 e. The Kier molecular flexibility index (Phi) is 7.36. The van der Waals surface area contributed by atoms with E-state index in [0.717, 1.165) is 0 Å². The molecule has 0 saturated heterocycles. The van der Waals surface area contributed by atoms with Gasteiger partial charge in [0, 0.05) is 29.9 Å². The Bertz CT molecular complexity index is 710. The number of nitrogens with zero attached hydrogens (tertiary/aromatic N) is 1. The molecule has 1 atom stereocenters. The molecular formula is C21H28N3O2+. The van der Waals surface area contributed by atoms with E-state index in [9.17, 15) is 9.59 Å². The molecule has 0 aliphatic rings. The zero-order chi connectivity index (χ0) is 18.9. The van der Waals surface area contributed by atoms with E-state index < -0.39 is 0 Å². The molecule has 0 unspecified atom stereocenters. The Morgan fingerprint density at radius 3 is 2.19 bits per heavy atom. The number of anilines is 1. The molecule has 0 aromatic heterocycles. The summed E-state index contributed by atoms with van der Waals surface area (Å²) in [6, 6.07) is 17.4. The van der Waals surface area contributed by atoms with Crippen LogP contribution < -0.4 is 10.6 Å². The molecule has 138 valence electrons. The Morgan fingerprint density at radius 2 is 1.62 bits per heavy atom. The number of rotatable bonds is 8. The van der Waals surface area contributed by atoms with Gasteiger partial charge in [-0.3, -0.25) is 9.59 Å². The van der Waals surface area contributed by atoms with Gasteiger partial charge >= 0.3 is 0 Å². The number of nitrogens with two attached hydrogens (primary N) is 1. The van der Waals surface area contributed by atoms with Crippen LogP contribution in [-0.2, 0) is 4.79 Å². The van der Waals surface area contributed by atoms with Crippen molar-refractivity contribution in [3.05, 3.63) is 65.7 Å². The van der Waals surface area contributed by atoms with E-state index in [0.29, 0.717) is 30.9 Å². The van der Waals surface area contributed by atoms with Gasteiger partial charge in [0.1, 0.15) is 6.04 Å². The molecule has 2 aromatic carbocycles. The monoisotopic (exact) mass is 354 g/mol. The molecule has 0 aliphatic heterocycles. The summed E-state index contributed by atoms with van der Waals surface area (Å²) in [5, 5.41) is 4.88. The first-order chi connectivity index (χ1) is 12.5. The minimum absolute atomic E-state index is 0.0119. The third-order valence-corrected chi connectivity index (χ3v) is 4.45. The van der Waals surface area contributed by atoms with Crippen LogP contribution in [0.5, 0.6) is 0 Å². The first kappa shape index (κ1) is 19.7. The second-order valence-electron chi connectivity index (χ2n) is 6.24. The van der Waals surface area contributed by atoms with Crippen LogP contribution in [0.25, 0.3) is 0 Å². The molecule has 2 rings (SSSR count). The summed E-state index contributed by atoms with van der Waals surface area (Å²) < 4.78 is 0. The molecule has 2 amide bonds. The van der Waals surface area contributed by atoms with E-state index >= 15 is 0 Å². The maximum atomic E-state index is 12.3. The van der Waals surface area contributed by atoms with E-state index in [1.54, 1.807) is 29.2 Å². The van der Waals surface area contributed by atoms with Crippen molar-refractivity contribution in [2.75, 3.05) is 25.0 Å². The van der Waals surface area contributed by atoms with Crippen LogP contribution >= 0.6 is 0 Å². The lowest BCUT2D eigenvalue weighted by Crippen LogP contribution is -2.86. The number of amides is 2. The van der Waals surface area contributed by atoms with Crippen molar-refractivity contribution >= 4 is 17.5 Å². The highest BCUT2D eigenvalue weighted by Gasteiger charge is 2.13. The molecule has 0 aliphatic carbocycles. The molecule has 0 bridgehead atoms. The van der Waals surface area contributed by atoms with Gasteiger partial charge in [0.15, 0.2) is 6.54 Å². The van der Waals surface area contributed by atoms with Crippen molar-refractivity contribution in [3.63, 3.8) is 0 Å². The number of hydrogen-bond donors (Lipinski definition) is 2. The summed E-state index contributed by atoms with van der Waals surface area (Å²) >= 11 is 0. The molecule has 3 N–H and O–H groups in total. The summed E-state index contributed by atoms with van der Waals surface area (Å²) in [6.07, 6.45) is 0. The SMILES string of the molecule is CCN(CC)C(=O)c1ccc(NC(=O)C[NH2+][C@H](C)c2ccccc2)cc1. The van der Waals surface area contributed by atoms with E-state index in [2.05, 4.69) is 24.4 Å². The summed E-state index contributed by atoms with van der Waals surface area (Å²) in [4.78, 5) is 26.2. The van der Waals surface area contributed by atoms with Crippen LogP contribution in [0.4, 0.5) is 5.69 Å². The van der Waals surface area contributed by atoms with Crippen LogP contribution in [0.1, 0.15) is 42.7 Å². The van der Waals surface area contributed by atoms with Gasteiger partial charge in [0.2, 0.25) is 0 Å². The fourth-order valence-corrected chi connectivity index (χ4v) is 2.78. The molecule has 5 heteroatoms. The third kappa shape index (κ3) is 5.43. The molecule has 26 heavy (non-hydrogen) atoms. The highest BCUT2D eigenvalue weighted by Crippen LogP contribution is 2.12. The fraction of sp³-hybridized carbons (Fsp3) is 0.333. The molecule has 0 spiro atoms. The first-order valence-corrected chi connectivity index (χ1v) is 9.12. The number of quaternary nitrogens is 1. The first-order valence-electron chi connectivity index (χ1n) is 9.12. The molecule has 0 fully saturated rings. The van der Waals surface area contributed by atoms with Crippen molar-refractivity contribution < 1.29 is 14.9 Å². The predicted octanol–water partition coefficient (Wildman–Crippen LogP) is 2.43. The van der Waals surface area contributed by atoms with Crippen LogP contribution in [0, 0.1) is 0 Å². The Hall–Kier alpha value is -2.66. The Labute approximate surface area is 155 Å². The van der Waals surface area contributed by atoms with E-state index in [1.165, 1.54) is 5.56 Å². The summed E-state index contributed by atoms with van der Waals surface area (Å²) in [5.74, 6) is -0.0477. The van der Waals surface area contributed by atoms with Crippen molar-refractivity contribution in [2.24, 2.45) is 0 Å². The van der Waals surface area contributed by atoms with Crippen molar-refractivity contribution in [1.82, 2.24) is 4.90 Å². The number of hydrogen-bond acceptors (Lipinski definition) is 2. The predicted molar refractivity (Wildman–Crippen MR) is 104 cm³/mol. The number of carbonyl (C=O) groups is 2. The highest BCUT2D eigenvalue weighted by molar-refractivity contribution is 5.96. The lowest BCUT2D eigenvalue weighted by molar-refractivity contribution is -0.682. The van der Waals surface area contributed by atoms with Gasteiger partial charge in [-0.2, -0.15) is 0 Å². The zero-order valence-electron chi connectivity index (χ0n) is 15.7. The average Bonchev–Trinajstić information content (AvgIpc) is 2.68. The number of nitrogens with one attached hydrogen (secondary N) is 1. The van der Waals surface area contributed by atoms with Crippen molar-refractivity contribution in [3.8, 4) is 0 Å². The van der Waals surface area contributed by atoms with Crippen LogP contribution in [0.2, 0.25) is 0 Å². The van der Waals surface area contributed by atoms with Gasteiger partial charge < -0.3 is 15.5 Å². The molecule has 5 nitrogen and oxygen atoms in total. The normalized spacial score (nSPS) is 11.7. The lowest BCUT2D eigenvalue weighted by atomic mass is 10.1. The molecule has 0 radical (unpaired) electrons. The summed E-state index contributed by atoms with van der Waals surface area (Å²) in [6.45, 7) is 7.71. The quantitative estimate of drug-likeness (QED) is 0.765. The van der Waals surface area contributed by atoms with E-state index in [4.69, 9.17) is 0 Å². The second-order valence-corrected chi connectivity index (χ2v) is 6.24. The summed E-state index contributed by atoms with van der Waals surface area (Å²) in [7, 11) is 0. The smallest absolute Gasteiger partial charge is 0.279 e. The van der Waals surface area contributed by atoms with Gasteiger partial charge in [0.25, 0.3) is 11.8 Å². The van der Waals surface area contributed by atoms with Gasteiger partial charge in [-0.15, -0.1) is 0 Å². The molecule has 2 aromatic rings. The summed E-state index contributed by atoms with van der Waals surface area (Å²) in [5.41, 5.74) is 2.53. The maximum absolute atomic E-state index is 12.3. The maximum Gasteiger partial charge on any atom is 0.279 e. The third-order valence-electron chi connectivity index (χ3n) is 4.45. The average molecular weight is 354 g/mol. The highest BCUT2D eigenvalue weighted by atomic mass is 16.2. The molecule has 0 saturated carbocycles. The van der Waals surface area contributed by atoms with Crippen LogP contribution in [-0.4, -0.2) is 36.3 Å². The number of carbonyl (C=O) groups excluding carboxylic acids is 2. The van der Waals surface area contributed by atoms with Crippen LogP contribution in [0.3, 0.4) is 0 Å². The van der Waals surface area contributed by atoms with Gasteiger partial charge in [-0.05, 0) is 45.0 Å². The van der Waals surface area contributed by atoms with Gasteiger partial charge in [-0.25, -0.2) is 0 Å².